The Hall–Kier alpha value is -2.13. The Labute approximate surface area is 144 Å². The summed E-state index contributed by atoms with van der Waals surface area (Å²) in [6, 6.07) is 20.9. The lowest BCUT2D eigenvalue weighted by Gasteiger charge is -2.18. The first kappa shape index (κ1) is 16.7. The van der Waals surface area contributed by atoms with Crippen molar-refractivity contribution in [2.45, 2.75) is 31.7 Å². The molecular formula is C21H26N2O. The van der Waals surface area contributed by atoms with Crippen LogP contribution in [0.5, 0.6) is 0 Å². The fourth-order valence-electron chi connectivity index (χ4n) is 3.43. The van der Waals surface area contributed by atoms with Crippen LogP contribution in [0.25, 0.3) is 0 Å². The molecule has 1 saturated heterocycles. The normalized spacial score (nSPS) is 19.1. The second-order valence-corrected chi connectivity index (χ2v) is 6.65. The number of hydrogen-bond donors (Lipinski definition) is 1. The van der Waals surface area contributed by atoms with Gasteiger partial charge in [0.25, 0.3) is 0 Å². The molecule has 0 radical (unpaired) electrons. The Bertz CT molecular complexity index is 641. The Balaban J connectivity index is 1.42. The summed E-state index contributed by atoms with van der Waals surface area (Å²) in [7, 11) is 0. The summed E-state index contributed by atoms with van der Waals surface area (Å²) < 4.78 is 0. The first-order chi connectivity index (χ1) is 11.7. The lowest BCUT2D eigenvalue weighted by atomic mass is 9.99. The van der Waals surface area contributed by atoms with Crippen LogP contribution in [0.3, 0.4) is 0 Å². The minimum absolute atomic E-state index is 0.0642. The zero-order valence-corrected chi connectivity index (χ0v) is 14.3. The van der Waals surface area contributed by atoms with E-state index in [1.165, 1.54) is 12.0 Å². The molecule has 0 saturated carbocycles. The van der Waals surface area contributed by atoms with E-state index < -0.39 is 0 Å². The van der Waals surface area contributed by atoms with Gasteiger partial charge in [0.15, 0.2) is 0 Å². The molecule has 2 atom stereocenters. The van der Waals surface area contributed by atoms with Gasteiger partial charge in [-0.3, -0.25) is 4.79 Å². The summed E-state index contributed by atoms with van der Waals surface area (Å²) >= 11 is 0. The van der Waals surface area contributed by atoms with Crippen molar-refractivity contribution < 1.29 is 4.79 Å². The van der Waals surface area contributed by atoms with Gasteiger partial charge in [0.2, 0.25) is 5.91 Å². The minimum atomic E-state index is 0.0642. The number of likely N-dealkylation sites (tertiary alicyclic amines) is 1. The maximum Gasteiger partial charge on any atom is 0.221 e. The lowest BCUT2D eigenvalue weighted by Crippen LogP contribution is -2.31. The van der Waals surface area contributed by atoms with Gasteiger partial charge in [-0.05, 0) is 36.9 Å². The van der Waals surface area contributed by atoms with Crippen LogP contribution < -0.4 is 5.32 Å². The Kier molecular flexibility index (Phi) is 5.65. The van der Waals surface area contributed by atoms with E-state index in [4.69, 9.17) is 0 Å². The summed E-state index contributed by atoms with van der Waals surface area (Å²) in [5.41, 5.74) is 2.57. The smallest absolute Gasteiger partial charge is 0.221 e. The van der Waals surface area contributed by atoms with Crippen molar-refractivity contribution in [1.82, 2.24) is 10.2 Å². The van der Waals surface area contributed by atoms with Crippen LogP contribution in [0.2, 0.25) is 0 Å². The second kappa shape index (κ2) is 8.11. The van der Waals surface area contributed by atoms with Crippen molar-refractivity contribution >= 4 is 5.91 Å². The first-order valence-electron chi connectivity index (χ1n) is 8.84. The highest BCUT2D eigenvalue weighted by Crippen LogP contribution is 2.26. The van der Waals surface area contributed by atoms with Crippen molar-refractivity contribution in [3.63, 3.8) is 0 Å². The Morgan fingerprint density at radius 2 is 1.79 bits per heavy atom. The number of hydrogen-bond acceptors (Lipinski definition) is 2. The van der Waals surface area contributed by atoms with Crippen LogP contribution >= 0.6 is 0 Å². The molecule has 1 aliphatic rings. The molecule has 1 aliphatic heterocycles. The van der Waals surface area contributed by atoms with Gasteiger partial charge in [0.1, 0.15) is 0 Å². The molecule has 24 heavy (non-hydrogen) atoms. The molecule has 3 heteroatoms. The summed E-state index contributed by atoms with van der Waals surface area (Å²) in [5.74, 6) is 0.743. The molecule has 0 aliphatic carbocycles. The molecular weight excluding hydrogens is 296 g/mol. The van der Waals surface area contributed by atoms with Crippen LogP contribution in [0.15, 0.2) is 60.7 Å². The van der Waals surface area contributed by atoms with E-state index in [0.717, 1.165) is 25.2 Å². The average molecular weight is 322 g/mol. The zero-order valence-electron chi connectivity index (χ0n) is 14.3. The van der Waals surface area contributed by atoms with Gasteiger partial charge in [-0.15, -0.1) is 0 Å². The third-order valence-electron chi connectivity index (χ3n) is 4.88. The minimum Gasteiger partial charge on any atom is -0.350 e. The second-order valence-electron chi connectivity index (χ2n) is 6.65. The number of carbonyl (C=O) groups is 1. The third-order valence-corrected chi connectivity index (χ3v) is 4.88. The molecule has 2 aromatic rings. The lowest BCUT2D eigenvalue weighted by molar-refractivity contribution is -0.122. The fraction of sp³-hybridized carbons (Fsp3) is 0.381. The molecule has 1 N–H and O–H groups in total. The van der Waals surface area contributed by atoms with E-state index in [1.807, 2.05) is 25.1 Å². The molecule has 0 unspecified atom stereocenters. The average Bonchev–Trinajstić information content (AvgIpc) is 3.10. The van der Waals surface area contributed by atoms with Gasteiger partial charge in [-0.2, -0.15) is 0 Å². The number of nitrogens with one attached hydrogen (secondary N) is 1. The maximum absolute atomic E-state index is 12.2. The van der Waals surface area contributed by atoms with Crippen LogP contribution in [-0.2, 0) is 4.79 Å². The molecule has 3 rings (SSSR count). The molecule has 0 spiro atoms. The predicted molar refractivity (Wildman–Crippen MR) is 97.9 cm³/mol. The summed E-state index contributed by atoms with van der Waals surface area (Å²) in [6.07, 6.45) is 1.75. The topological polar surface area (TPSA) is 32.3 Å². The molecule has 0 aromatic heterocycles. The highest BCUT2D eigenvalue weighted by atomic mass is 16.1. The number of carbonyl (C=O) groups excluding carboxylic acids is 1. The van der Waals surface area contributed by atoms with Gasteiger partial charge in [0.05, 0.1) is 6.04 Å². The van der Waals surface area contributed by atoms with Crippen molar-refractivity contribution in [3.05, 3.63) is 71.8 Å². The molecule has 2 aromatic carbocycles. The fourth-order valence-corrected chi connectivity index (χ4v) is 3.43. The molecule has 1 amide bonds. The maximum atomic E-state index is 12.2. The molecule has 1 heterocycles. The molecule has 3 nitrogen and oxygen atoms in total. The van der Waals surface area contributed by atoms with Crippen molar-refractivity contribution in [3.8, 4) is 0 Å². The largest absolute Gasteiger partial charge is 0.350 e. The van der Waals surface area contributed by atoms with Gasteiger partial charge in [-0.25, -0.2) is 0 Å². The Morgan fingerprint density at radius 3 is 2.50 bits per heavy atom. The van der Waals surface area contributed by atoms with Gasteiger partial charge in [0, 0.05) is 19.5 Å². The first-order valence-corrected chi connectivity index (χ1v) is 8.84. The number of rotatable bonds is 6. The molecule has 0 bridgehead atoms. The number of amides is 1. The standard InChI is InChI=1S/C21H26N2O/c1-17(18-8-4-2-5-9-18)22-21(24)13-15-23-14-12-20(16-23)19-10-6-3-7-11-19/h2-11,17,20H,12-16H2,1H3,(H,22,24)/t17-,20-/m1/s1. The predicted octanol–water partition coefficient (Wildman–Crippen LogP) is 3.74. The van der Waals surface area contributed by atoms with Crippen LogP contribution in [0, 0.1) is 0 Å². The molecule has 126 valence electrons. The monoisotopic (exact) mass is 322 g/mol. The highest BCUT2D eigenvalue weighted by Gasteiger charge is 2.23. The molecule has 1 fully saturated rings. The van der Waals surface area contributed by atoms with E-state index in [9.17, 15) is 4.79 Å². The van der Waals surface area contributed by atoms with Gasteiger partial charge >= 0.3 is 0 Å². The van der Waals surface area contributed by atoms with E-state index in [-0.39, 0.29) is 11.9 Å². The van der Waals surface area contributed by atoms with E-state index in [0.29, 0.717) is 12.3 Å². The summed E-state index contributed by atoms with van der Waals surface area (Å²) in [5, 5.41) is 3.10. The summed E-state index contributed by atoms with van der Waals surface area (Å²) in [4.78, 5) is 14.6. The van der Waals surface area contributed by atoms with Gasteiger partial charge in [-0.1, -0.05) is 60.7 Å². The number of nitrogens with zero attached hydrogens (tertiary/aromatic N) is 1. The number of benzene rings is 2. The van der Waals surface area contributed by atoms with Crippen LogP contribution in [0.1, 0.15) is 42.9 Å². The zero-order chi connectivity index (χ0) is 16.8. The SMILES string of the molecule is C[C@@H](NC(=O)CCN1CC[C@@H](c2ccccc2)C1)c1ccccc1. The van der Waals surface area contributed by atoms with Crippen molar-refractivity contribution in [2.24, 2.45) is 0 Å². The van der Waals surface area contributed by atoms with Crippen molar-refractivity contribution in [1.29, 1.82) is 0 Å². The highest BCUT2D eigenvalue weighted by molar-refractivity contribution is 5.76. The quantitative estimate of drug-likeness (QED) is 0.878. The van der Waals surface area contributed by atoms with Crippen LogP contribution in [-0.4, -0.2) is 30.4 Å². The van der Waals surface area contributed by atoms with Crippen LogP contribution in [0.4, 0.5) is 0 Å². The summed E-state index contributed by atoms with van der Waals surface area (Å²) in [6.45, 7) is 5.03. The van der Waals surface area contributed by atoms with Gasteiger partial charge < -0.3 is 10.2 Å². The van der Waals surface area contributed by atoms with Crippen molar-refractivity contribution in [2.75, 3.05) is 19.6 Å². The third kappa shape index (κ3) is 4.45. The van der Waals surface area contributed by atoms with E-state index in [2.05, 4.69) is 52.7 Å². The van der Waals surface area contributed by atoms with E-state index in [1.54, 1.807) is 0 Å². The van der Waals surface area contributed by atoms with E-state index >= 15 is 0 Å². The Morgan fingerprint density at radius 1 is 1.12 bits per heavy atom.